The Hall–Kier alpha value is -4.26. The summed E-state index contributed by atoms with van der Waals surface area (Å²) in [6, 6.07) is 19.3. The predicted octanol–water partition coefficient (Wildman–Crippen LogP) is 6.47. The van der Waals surface area contributed by atoms with Gasteiger partial charge in [-0.3, -0.25) is 14.5 Å². The molecule has 1 heterocycles. The number of benzene rings is 3. The molecule has 1 atom stereocenters. The maximum absolute atomic E-state index is 13.6. The van der Waals surface area contributed by atoms with Crippen molar-refractivity contribution in [1.82, 2.24) is 0 Å². The lowest BCUT2D eigenvalue weighted by Gasteiger charge is -2.27. The maximum Gasteiger partial charge on any atom is 0.300 e. The molecule has 0 radical (unpaired) electrons. The molecule has 1 saturated heterocycles. The number of aliphatic hydroxyl groups is 1. The maximum atomic E-state index is 13.6. The molecule has 210 valence electrons. The van der Waals surface area contributed by atoms with Gasteiger partial charge >= 0.3 is 0 Å². The van der Waals surface area contributed by atoms with E-state index in [2.05, 4.69) is 39.5 Å². The molecule has 7 nitrogen and oxygen atoms in total. The number of aliphatic hydroxyl groups excluding tert-OH is 1. The second-order valence-corrected chi connectivity index (χ2v) is 10.8. The third-order valence-electron chi connectivity index (χ3n) is 7.41. The molecule has 40 heavy (non-hydrogen) atoms. The fraction of sp³-hybridized carbons (Fsp3) is 0.333. The zero-order valence-electron chi connectivity index (χ0n) is 24.3. The number of rotatable bonds is 8. The lowest BCUT2D eigenvalue weighted by molar-refractivity contribution is -0.132. The fourth-order valence-corrected chi connectivity index (χ4v) is 5.21. The van der Waals surface area contributed by atoms with Crippen molar-refractivity contribution in [2.24, 2.45) is 0 Å². The molecule has 7 heteroatoms. The van der Waals surface area contributed by atoms with Crippen molar-refractivity contribution in [2.75, 3.05) is 37.1 Å². The van der Waals surface area contributed by atoms with Crippen LogP contribution >= 0.6 is 0 Å². The molecule has 1 unspecified atom stereocenters. The first-order chi connectivity index (χ1) is 19.0. The van der Waals surface area contributed by atoms with Gasteiger partial charge in [0.05, 0.1) is 25.8 Å². The Morgan fingerprint density at radius 2 is 1.52 bits per heavy atom. The molecule has 1 N–H and O–H groups in total. The van der Waals surface area contributed by atoms with Crippen LogP contribution in [-0.2, 0) is 15.0 Å². The van der Waals surface area contributed by atoms with E-state index in [1.807, 2.05) is 30.3 Å². The van der Waals surface area contributed by atoms with Gasteiger partial charge in [0.15, 0.2) is 0 Å². The number of Topliss-reactive ketones (excluding diaryl/α,β-unsaturated/α-hetero) is 1. The Bertz CT molecular complexity index is 1410. The quantitative estimate of drug-likeness (QED) is 0.200. The van der Waals surface area contributed by atoms with Gasteiger partial charge in [-0.2, -0.15) is 0 Å². The Labute approximate surface area is 236 Å². The highest BCUT2D eigenvalue weighted by Gasteiger charge is 2.47. The van der Waals surface area contributed by atoms with Crippen LogP contribution in [0.15, 0.2) is 72.3 Å². The Morgan fingerprint density at radius 3 is 2.05 bits per heavy atom. The van der Waals surface area contributed by atoms with Crippen LogP contribution < -0.4 is 19.3 Å². The largest absolute Gasteiger partial charge is 0.507 e. The molecule has 0 saturated carbocycles. The van der Waals surface area contributed by atoms with Crippen molar-refractivity contribution >= 4 is 28.8 Å². The van der Waals surface area contributed by atoms with Crippen LogP contribution in [-0.4, -0.2) is 44.1 Å². The van der Waals surface area contributed by atoms with Crippen LogP contribution in [0.1, 0.15) is 57.4 Å². The zero-order valence-corrected chi connectivity index (χ0v) is 24.3. The number of methoxy groups -OCH3 is 2. The van der Waals surface area contributed by atoms with Crippen molar-refractivity contribution in [3.63, 3.8) is 0 Å². The molecule has 1 amide bonds. The summed E-state index contributed by atoms with van der Waals surface area (Å²) >= 11 is 0. The highest BCUT2D eigenvalue weighted by molar-refractivity contribution is 6.51. The van der Waals surface area contributed by atoms with Gasteiger partial charge < -0.3 is 19.5 Å². The molecule has 4 rings (SSSR count). The second kappa shape index (κ2) is 11.5. The summed E-state index contributed by atoms with van der Waals surface area (Å²) in [5, 5.41) is 11.7. The smallest absolute Gasteiger partial charge is 0.300 e. The zero-order chi connectivity index (χ0) is 29.2. The number of amides is 1. The minimum atomic E-state index is -0.820. The summed E-state index contributed by atoms with van der Waals surface area (Å²) < 4.78 is 10.9. The average Bonchev–Trinajstić information content (AvgIpc) is 3.22. The van der Waals surface area contributed by atoms with Gasteiger partial charge in [-0.25, -0.2) is 0 Å². The number of ketones is 1. The van der Waals surface area contributed by atoms with Crippen molar-refractivity contribution in [3.05, 3.63) is 89.0 Å². The van der Waals surface area contributed by atoms with E-state index in [1.165, 1.54) is 4.90 Å². The molecule has 3 aromatic carbocycles. The summed E-state index contributed by atoms with van der Waals surface area (Å²) in [6.07, 6.45) is 0. The van der Waals surface area contributed by atoms with Gasteiger partial charge in [-0.1, -0.05) is 32.9 Å². The summed E-state index contributed by atoms with van der Waals surface area (Å²) in [5.74, 6) is -0.339. The highest BCUT2D eigenvalue weighted by atomic mass is 16.5. The Balaban J connectivity index is 1.92. The van der Waals surface area contributed by atoms with Gasteiger partial charge in [0.1, 0.15) is 17.3 Å². The SMILES string of the molecule is CCN(CC)c1ccc(C2/C(=C(/O)c3ccc(OC)c(C(C)(C)C)c3)C(=O)C(=O)N2c2ccc(OC)cc2)cc1. The first-order valence-electron chi connectivity index (χ1n) is 13.5. The van der Waals surface area contributed by atoms with Crippen LogP contribution in [0.5, 0.6) is 11.5 Å². The van der Waals surface area contributed by atoms with Crippen molar-refractivity contribution in [3.8, 4) is 11.5 Å². The van der Waals surface area contributed by atoms with E-state index in [1.54, 1.807) is 50.6 Å². The van der Waals surface area contributed by atoms with Gasteiger partial charge in [0.25, 0.3) is 11.7 Å². The summed E-state index contributed by atoms with van der Waals surface area (Å²) in [4.78, 5) is 30.8. The third kappa shape index (κ3) is 5.28. The monoisotopic (exact) mass is 542 g/mol. The standard InChI is InChI=1S/C33H38N2O5/c1-8-34(9-2)23-13-10-21(11-14-23)29-28(30(36)22-12-19-27(40-7)26(20-22)33(3,4)5)31(37)32(38)35(29)24-15-17-25(39-6)18-16-24/h10-20,29,36H,8-9H2,1-7H3/b30-28-. The number of ether oxygens (including phenoxy) is 2. The van der Waals surface area contributed by atoms with E-state index in [4.69, 9.17) is 9.47 Å². The lowest BCUT2D eigenvalue weighted by atomic mass is 9.84. The molecule has 1 aliphatic heterocycles. The third-order valence-corrected chi connectivity index (χ3v) is 7.41. The van der Waals surface area contributed by atoms with Gasteiger partial charge in [0, 0.05) is 35.6 Å². The van der Waals surface area contributed by atoms with E-state index < -0.39 is 17.7 Å². The number of hydrogen-bond donors (Lipinski definition) is 1. The minimum absolute atomic E-state index is 0.0430. The number of anilines is 2. The molecule has 0 aromatic heterocycles. The van der Waals surface area contributed by atoms with Crippen molar-refractivity contribution < 1.29 is 24.2 Å². The average molecular weight is 543 g/mol. The molecular formula is C33H38N2O5. The topological polar surface area (TPSA) is 79.3 Å². The summed E-state index contributed by atoms with van der Waals surface area (Å²) in [7, 11) is 3.17. The molecular weight excluding hydrogens is 504 g/mol. The normalized spacial score (nSPS) is 16.8. The van der Waals surface area contributed by atoms with Crippen molar-refractivity contribution in [2.45, 2.75) is 46.1 Å². The number of nitrogens with zero attached hydrogens (tertiary/aromatic N) is 2. The van der Waals surface area contributed by atoms with E-state index in [-0.39, 0.29) is 16.7 Å². The lowest BCUT2D eigenvalue weighted by Crippen LogP contribution is -2.29. The van der Waals surface area contributed by atoms with Crippen LogP contribution in [0.25, 0.3) is 5.76 Å². The number of hydrogen-bond acceptors (Lipinski definition) is 6. The highest BCUT2D eigenvalue weighted by Crippen LogP contribution is 2.43. The molecule has 0 spiro atoms. The van der Waals surface area contributed by atoms with E-state index >= 15 is 0 Å². The Morgan fingerprint density at radius 1 is 0.900 bits per heavy atom. The first-order valence-corrected chi connectivity index (χ1v) is 13.5. The minimum Gasteiger partial charge on any atom is -0.507 e. The van der Waals surface area contributed by atoms with Crippen LogP contribution in [0.3, 0.4) is 0 Å². The Kier molecular flexibility index (Phi) is 8.24. The summed E-state index contributed by atoms with van der Waals surface area (Å²) in [6.45, 7) is 12.0. The molecule has 0 bridgehead atoms. The van der Waals surface area contributed by atoms with E-state index in [9.17, 15) is 14.7 Å². The van der Waals surface area contributed by atoms with Crippen LogP contribution in [0, 0.1) is 0 Å². The molecule has 0 aliphatic carbocycles. The first kappa shape index (κ1) is 28.7. The number of carbonyl (C=O) groups excluding carboxylic acids is 2. The summed E-state index contributed by atoms with van der Waals surface area (Å²) in [5.41, 5.74) is 3.38. The molecule has 3 aromatic rings. The van der Waals surface area contributed by atoms with E-state index in [0.717, 1.165) is 29.9 Å². The van der Waals surface area contributed by atoms with Crippen molar-refractivity contribution in [1.29, 1.82) is 0 Å². The van der Waals surface area contributed by atoms with Gasteiger partial charge in [0.2, 0.25) is 0 Å². The molecule has 1 fully saturated rings. The van der Waals surface area contributed by atoms with Gasteiger partial charge in [-0.05, 0) is 79.4 Å². The van der Waals surface area contributed by atoms with Crippen LogP contribution in [0.2, 0.25) is 0 Å². The van der Waals surface area contributed by atoms with Gasteiger partial charge in [-0.15, -0.1) is 0 Å². The predicted molar refractivity (Wildman–Crippen MR) is 159 cm³/mol. The van der Waals surface area contributed by atoms with Crippen LogP contribution in [0.4, 0.5) is 11.4 Å². The van der Waals surface area contributed by atoms with E-state index in [0.29, 0.717) is 22.7 Å². The molecule has 1 aliphatic rings. The second-order valence-electron chi connectivity index (χ2n) is 10.8. The fourth-order valence-electron chi connectivity index (χ4n) is 5.21. The number of carbonyl (C=O) groups is 2.